The van der Waals surface area contributed by atoms with E-state index in [2.05, 4.69) is 15.6 Å². The van der Waals surface area contributed by atoms with Crippen molar-refractivity contribution in [3.05, 3.63) is 48.7 Å². The molecular weight excluding hydrogens is 264 g/mol. The molecule has 2 rings (SSSR count). The summed E-state index contributed by atoms with van der Waals surface area (Å²) >= 11 is 0. The van der Waals surface area contributed by atoms with E-state index in [0.29, 0.717) is 5.82 Å². The zero-order valence-corrected chi connectivity index (χ0v) is 12.5. The third-order valence-electron chi connectivity index (χ3n) is 2.94. The van der Waals surface area contributed by atoms with Crippen LogP contribution in [0.5, 0.6) is 0 Å². The van der Waals surface area contributed by atoms with E-state index in [1.54, 1.807) is 12.3 Å². The Morgan fingerprint density at radius 1 is 1.10 bits per heavy atom. The van der Waals surface area contributed by atoms with Gasteiger partial charge in [0.25, 0.3) is 0 Å². The number of carbonyl (C=O) groups excluding carboxylic acids is 1. The van der Waals surface area contributed by atoms with Crippen LogP contribution < -0.4 is 15.5 Å². The molecule has 0 bridgehead atoms. The predicted molar refractivity (Wildman–Crippen MR) is 86.0 cm³/mol. The Bertz CT molecular complexity index is 581. The van der Waals surface area contributed by atoms with Crippen LogP contribution in [0.25, 0.3) is 0 Å². The van der Waals surface area contributed by atoms with Crippen LogP contribution in [-0.2, 0) is 0 Å². The van der Waals surface area contributed by atoms with E-state index in [-0.39, 0.29) is 12.1 Å². The lowest BCUT2D eigenvalue weighted by atomic mass is 10.2. The maximum atomic E-state index is 11.6. The van der Waals surface area contributed by atoms with Gasteiger partial charge in [0.05, 0.1) is 11.9 Å². The molecule has 0 aliphatic heterocycles. The van der Waals surface area contributed by atoms with Gasteiger partial charge in [0, 0.05) is 18.8 Å². The molecule has 2 amide bonds. The van der Waals surface area contributed by atoms with E-state index in [9.17, 15) is 4.79 Å². The Kier molecular flexibility index (Phi) is 4.77. The number of anilines is 3. The summed E-state index contributed by atoms with van der Waals surface area (Å²) in [5.41, 5.74) is 2.04. The first-order valence-electron chi connectivity index (χ1n) is 6.88. The van der Waals surface area contributed by atoms with Crippen LogP contribution in [0.3, 0.4) is 0 Å². The lowest BCUT2D eigenvalue weighted by Crippen LogP contribution is -2.34. The second-order valence-corrected chi connectivity index (χ2v) is 5.05. The van der Waals surface area contributed by atoms with Gasteiger partial charge in [-0.15, -0.1) is 0 Å². The lowest BCUT2D eigenvalue weighted by molar-refractivity contribution is 0.250. The molecule has 0 unspecified atom stereocenters. The first kappa shape index (κ1) is 14.8. The number of hydrogen-bond donors (Lipinski definition) is 2. The average Bonchev–Trinajstić information content (AvgIpc) is 2.47. The third-order valence-corrected chi connectivity index (χ3v) is 2.94. The number of hydrogen-bond acceptors (Lipinski definition) is 3. The van der Waals surface area contributed by atoms with Gasteiger partial charge in [0.2, 0.25) is 0 Å². The van der Waals surface area contributed by atoms with E-state index in [0.717, 1.165) is 11.4 Å². The topological polar surface area (TPSA) is 57.3 Å². The largest absolute Gasteiger partial charge is 0.343 e. The molecule has 2 aromatic rings. The van der Waals surface area contributed by atoms with Crippen LogP contribution in [0.1, 0.15) is 13.8 Å². The van der Waals surface area contributed by atoms with Gasteiger partial charge in [-0.25, -0.2) is 9.78 Å². The molecule has 1 aromatic carbocycles. The van der Waals surface area contributed by atoms with Crippen LogP contribution in [0, 0.1) is 0 Å². The van der Waals surface area contributed by atoms with Crippen molar-refractivity contribution in [3.8, 4) is 0 Å². The molecule has 0 aliphatic carbocycles. The minimum Gasteiger partial charge on any atom is -0.343 e. The summed E-state index contributed by atoms with van der Waals surface area (Å²) in [6, 6.07) is 13.6. The number of para-hydroxylation sites is 1. The molecule has 0 saturated carbocycles. The first-order chi connectivity index (χ1) is 10.1. The highest BCUT2D eigenvalue weighted by Gasteiger charge is 2.06. The van der Waals surface area contributed by atoms with Crippen LogP contribution >= 0.6 is 0 Å². The number of aromatic nitrogens is 1. The Balaban J connectivity index is 2.04. The highest BCUT2D eigenvalue weighted by Crippen LogP contribution is 2.22. The van der Waals surface area contributed by atoms with Crippen LogP contribution in [0.2, 0.25) is 0 Å². The summed E-state index contributed by atoms with van der Waals surface area (Å²) in [4.78, 5) is 17.9. The highest BCUT2D eigenvalue weighted by atomic mass is 16.2. The molecule has 0 atom stereocenters. The molecule has 0 radical (unpaired) electrons. The molecule has 2 N–H and O–H groups in total. The van der Waals surface area contributed by atoms with Gasteiger partial charge in [-0.3, -0.25) is 5.32 Å². The van der Waals surface area contributed by atoms with Crippen molar-refractivity contribution in [1.29, 1.82) is 0 Å². The molecule has 0 aliphatic rings. The molecule has 0 saturated heterocycles. The van der Waals surface area contributed by atoms with Gasteiger partial charge in [0.1, 0.15) is 5.82 Å². The molecule has 0 fully saturated rings. The van der Waals surface area contributed by atoms with E-state index in [4.69, 9.17) is 0 Å². The molecular formula is C16H20N4O. The number of pyridine rings is 1. The second kappa shape index (κ2) is 6.74. The van der Waals surface area contributed by atoms with Crippen molar-refractivity contribution in [2.24, 2.45) is 0 Å². The highest BCUT2D eigenvalue weighted by molar-refractivity contribution is 5.88. The van der Waals surface area contributed by atoms with E-state index in [1.807, 2.05) is 62.2 Å². The van der Waals surface area contributed by atoms with Crippen LogP contribution in [0.15, 0.2) is 48.7 Å². The number of benzene rings is 1. The van der Waals surface area contributed by atoms with Crippen molar-refractivity contribution >= 4 is 23.2 Å². The fourth-order valence-electron chi connectivity index (χ4n) is 1.87. The third kappa shape index (κ3) is 4.21. The number of nitrogens with zero attached hydrogens (tertiary/aromatic N) is 2. The summed E-state index contributed by atoms with van der Waals surface area (Å²) in [5, 5.41) is 5.45. The first-order valence-corrected chi connectivity index (χ1v) is 6.88. The van der Waals surface area contributed by atoms with Crippen molar-refractivity contribution < 1.29 is 4.79 Å². The maximum absolute atomic E-state index is 11.6. The van der Waals surface area contributed by atoms with Crippen LogP contribution in [-0.4, -0.2) is 24.1 Å². The number of rotatable bonds is 4. The lowest BCUT2D eigenvalue weighted by Gasteiger charge is -2.19. The summed E-state index contributed by atoms with van der Waals surface area (Å²) in [6.45, 7) is 3.82. The van der Waals surface area contributed by atoms with E-state index in [1.165, 1.54) is 0 Å². The minimum atomic E-state index is -0.248. The van der Waals surface area contributed by atoms with E-state index >= 15 is 0 Å². The van der Waals surface area contributed by atoms with Gasteiger partial charge in [-0.2, -0.15) is 0 Å². The molecule has 1 heterocycles. The molecule has 0 spiro atoms. The zero-order valence-electron chi connectivity index (χ0n) is 12.5. The van der Waals surface area contributed by atoms with Crippen molar-refractivity contribution in [2.75, 3.05) is 17.3 Å². The molecule has 110 valence electrons. The fourth-order valence-corrected chi connectivity index (χ4v) is 1.87. The molecule has 5 heteroatoms. The smallest absolute Gasteiger partial charge is 0.320 e. The number of carbonyl (C=O) groups is 1. The molecule has 5 nitrogen and oxygen atoms in total. The number of amides is 2. The standard InChI is InChI=1S/C16H20N4O/c1-12(2)18-16(21)19-15-10-9-14(11-17-15)20(3)13-7-5-4-6-8-13/h4-12H,1-3H3,(H2,17,18,19,21). The van der Waals surface area contributed by atoms with E-state index < -0.39 is 0 Å². The number of urea groups is 1. The normalized spacial score (nSPS) is 10.3. The van der Waals surface area contributed by atoms with Gasteiger partial charge in [0.15, 0.2) is 0 Å². The van der Waals surface area contributed by atoms with Gasteiger partial charge in [-0.05, 0) is 38.1 Å². The Morgan fingerprint density at radius 3 is 2.38 bits per heavy atom. The van der Waals surface area contributed by atoms with Crippen molar-refractivity contribution in [1.82, 2.24) is 10.3 Å². The summed E-state index contributed by atoms with van der Waals surface area (Å²) in [5.74, 6) is 0.526. The Labute approximate surface area is 125 Å². The fraction of sp³-hybridized carbons (Fsp3) is 0.250. The monoisotopic (exact) mass is 284 g/mol. The summed E-state index contributed by atoms with van der Waals surface area (Å²) < 4.78 is 0. The average molecular weight is 284 g/mol. The zero-order chi connectivity index (χ0) is 15.2. The maximum Gasteiger partial charge on any atom is 0.320 e. The Morgan fingerprint density at radius 2 is 1.81 bits per heavy atom. The summed E-state index contributed by atoms with van der Waals surface area (Å²) in [7, 11) is 1.98. The minimum absolute atomic E-state index is 0.0912. The number of nitrogens with one attached hydrogen (secondary N) is 2. The second-order valence-electron chi connectivity index (χ2n) is 5.05. The predicted octanol–water partition coefficient (Wildman–Crippen LogP) is 3.38. The van der Waals surface area contributed by atoms with Crippen molar-refractivity contribution in [2.45, 2.75) is 19.9 Å². The van der Waals surface area contributed by atoms with Crippen LogP contribution in [0.4, 0.5) is 22.0 Å². The Hall–Kier alpha value is -2.56. The quantitative estimate of drug-likeness (QED) is 0.905. The molecule has 21 heavy (non-hydrogen) atoms. The summed E-state index contributed by atoms with van der Waals surface area (Å²) in [6.07, 6.45) is 1.73. The van der Waals surface area contributed by atoms with Crippen molar-refractivity contribution in [3.63, 3.8) is 0 Å². The van der Waals surface area contributed by atoms with Gasteiger partial charge < -0.3 is 10.2 Å². The SMILES string of the molecule is CC(C)NC(=O)Nc1ccc(N(C)c2ccccc2)cn1. The molecule has 1 aromatic heterocycles. The van der Waals surface area contributed by atoms with Gasteiger partial charge >= 0.3 is 6.03 Å². The van der Waals surface area contributed by atoms with Gasteiger partial charge in [-0.1, -0.05) is 18.2 Å².